The zero-order valence-corrected chi connectivity index (χ0v) is 10.7. The van der Waals surface area contributed by atoms with Crippen molar-refractivity contribution in [1.82, 2.24) is 0 Å². The lowest BCUT2D eigenvalue weighted by Gasteiger charge is -2.10. The van der Waals surface area contributed by atoms with Crippen LogP contribution in [0.15, 0.2) is 18.2 Å². The first-order chi connectivity index (χ1) is 8.41. The highest BCUT2D eigenvalue weighted by Gasteiger charge is 2.22. The van der Waals surface area contributed by atoms with E-state index >= 15 is 0 Å². The minimum Gasteiger partial charge on any atom is -0.383 e. The van der Waals surface area contributed by atoms with Gasteiger partial charge in [0.15, 0.2) is 17.5 Å². The lowest BCUT2D eigenvalue weighted by molar-refractivity contribution is 0.216. The molecule has 2 rings (SSSR count). The topological polar surface area (TPSA) is 20.2 Å². The summed E-state index contributed by atoms with van der Waals surface area (Å²) < 4.78 is 39.8. The Morgan fingerprint density at radius 3 is 2.44 bits per heavy atom. The van der Waals surface area contributed by atoms with Crippen LogP contribution in [-0.2, 0) is 0 Å². The average molecular weight is 293 g/mol. The summed E-state index contributed by atoms with van der Waals surface area (Å²) in [6, 6.07) is 3.37. The summed E-state index contributed by atoms with van der Waals surface area (Å²) in [5, 5.41) is 9.95. The molecule has 0 fully saturated rings. The van der Waals surface area contributed by atoms with Crippen LogP contribution in [0.5, 0.6) is 0 Å². The molecule has 1 aromatic heterocycles. The van der Waals surface area contributed by atoms with E-state index in [-0.39, 0.29) is 5.56 Å². The third-order valence-electron chi connectivity index (χ3n) is 2.51. The number of aliphatic hydroxyl groups is 1. The van der Waals surface area contributed by atoms with Crippen LogP contribution in [0.4, 0.5) is 13.2 Å². The van der Waals surface area contributed by atoms with Gasteiger partial charge in [0.25, 0.3) is 0 Å². The van der Waals surface area contributed by atoms with Gasteiger partial charge in [-0.2, -0.15) is 0 Å². The zero-order valence-electron chi connectivity index (χ0n) is 9.18. The molecule has 0 saturated carbocycles. The molecule has 1 heterocycles. The van der Waals surface area contributed by atoms with Gasteiger partial charge < -0.3 is 5.11 Å². The predicted molar refractivity (Wildman–Crippen MR) is 64.4 cm³/mol. The van der Waals surface area contributed by atoms with Crippen LogP contribution < -0.4 is 0 Å². The fourth-order valence-electron chi connectivity index (χ4n) is 1.52. The van der Waals surface area contributed by atoms with Crippen LogP contribution in [0.3, 0.4) is 0 Å². The number of rotatable bonds is 2. The molecule has 0 bridgehead atoms. The Kier molecular flexibility index (Phi) is 3.66. The van der Waals surface area contributed by atoms with E-state index in [0.717, 1.165) is 29.0 Å². The van der Waals surface area contributed by atoms with E-state index in [4.69, 9.17) is 11.6 Å². The summed E-state index contributed by atoms with van der Waals surface area (Å²) in [4.78, 5) is 0.377. The summed E-state index contributed by atoms with van der Waals surface area (Å²) in [6.07, 6.45) is -1.36. The van der Waals surface area contributed by atoms with Gasteiger partial charge in [0.2, 0.25) is 0 Å². The van der Waals surface area contributed by atoms with Crippen molar-refractivity contribution in [1.29, 1.82) is 0 Å². The third kappa shape index (κ3) is 2.25. The molecule has 1 aromatic carbocycles. The number of hydrogen-bond acceptors (Lipinski definition) is 2. The van der Waals surface area contributed by atoms with Gasteiger partial charge in [-0.3, -0.25) is 0 Å². The molecule has 1 atom stereocenters. The molecule has 6 heteroatoms. The molecule has 96 valence electrons. The van der Waals surface area contributed by atoms with Crippen molar-refractivity contribution in [3.63, 3.8) is 0 Å². The molecule has 2 aromatic rings. The molecule has 0 aliphatic carbocycles. The van der Waals surface area contributed by atoms with Crippen LogP contribution in [0, 0.1) is 24.4 Å². The van der Waals surface area contributed by atoms with E-state index in [0.29, 0.717) is 9.21 Å². The highest BCUT2D eigenvalue weighted by atomic mass is 35.5. The molecule has 0 aliphatic heterocycles. The van der Waals surface area contributed by atoms with Crippen molar-refractivity contribution in [2.45, 2.75) is 13.0 Å². The number of halogens is 4. The SMILES string of the molecule is Cc1cc(C(O)c2ccc(F)c(F)c2F)sc1Cl. The van der Waals surface area contributed by atoms with E-state index in [1.807, 2.05) is 0 Å². The molecule has 0 amide bonds. The van der Waals surface area contributed by atoms with Gasteiger partial charge in [-0.15, -0.1) is 11.3 Å². The summed E-state index contributed by atoms with van der Waals surface area (Å²) >= 11 is 6.91. The maximum atomic E-state index is 13.5. The molecule has 0 spiro atoms. The van der Waals surface area contributed by atoms with E-state index in [1.165, 1.54) is 0 Å². The van der Waals surface area contributed by atoms with Crippen LogP contribution in [0.25, 0.3) is 0 Å². The van der Waals surface area contributed by atoms with Crippen LogP contribution in [-0.4, -0.2) is 5.11 Å². The first kappa shape index (κ1) is 13.4. The molecular formula is C12H8ClF3OS. The Balaban J connectivity index is 2.46. The second kappa shape index (κ2) is 4.91. The Bertz CT molecular complexity index is 578. The Labute approximate surface area is 110 Å². The van der Waals surface area contributed by atoms with Gasteiger partial charge in [0, 0.05) is 10.4 Å². The van der Waals surface area contributed by atoms with Crippen LogP contribution in [0.2, 0.25) is 4.34 Å². The smallest absolute Gasteiger partial charge is 0.194 e. The van der Waals surface area contributed by atoms with Crippen LogP contribution >= 0.6 is 22.9 Å². The quantitative estimate of drug-likeness (QED) is 0.822. The molecule has 0 radical (unpaired) electrons. The van der Waals surface area contributed by atoms with Gasteiger partial charge in [-0.1, -0.05) is 11.6 Å². The lowest BCUT2D eigenvalue weighted by atomic mass is 10.1. The molecule has 0 saturated heterocycles. The molecule has 0 aliphatic rings. The van der Waals surface area contributed by atoms with Crippen LogP contribution in [0.1, 0.15) is 22.1 Å². The molecule has 1 unspecified atom stereocenters. The highest BCUT2D eigenvalue weighted by molar-refractivity contribution is 7.16. The standard InChI is InChI=1S/C12H8ClF3OS/c1-5-4-8(18-12(5)13)11(17)6-2-3-7(14)10(16)9(6)15/h2-4,11,17H,1H3. The monoisotopic (exact) mass is 292 g/mol. The minimum atomic E-state index is -1.59. The van der Waals surface area contributed by atoms with Gasteiger partial charge in [-0.25, -0.2) is 13.2 Å². The molecular weight excluding hydrogens is 285 g/mol. The van der Waals surface area contributed by atoms with Crippen molar-refractivity contribution >= 4 is 22.9 Å². The molecule has 1 N–H and O–H groups in total. The van der Waals surface area contributed by atoms with Crippen molar-refractivity contribution in [2.75, 3.05) is 0 Å². The zero-order chi connectivity index (χ0) is 13.4. The van der Waals surface area contributed by atoms with Gasteiger partial charge in [-0.05, 0) is 30.7 Å². The number of aryl methyl sites for hydroxylation is 1. The average Bonchev–Trinajstić information content (AvgIpc) is 2.66. The lowest BCUT2D eigenvalue weighted by Crippen LogP contribution is -2.04. The minimum absolute atomic E-state index is 0.313. The Morgan fingerprint density at radius 2 is 1.89 bits per heavy atom. The van der Waals surface area contributed by atoms with Crippen molar-refractivity contribution in [3.05, 3.63) is 56.0 Å². The third-order valence-corrected chi connectivity index (χ3v) is 4.11. The predicted octanol–water partition coefficient (Wildman–Crippen LogP) is 4.21. The fraction of sp³-hybridized carbons (Fsp3) is 0.167. The van der Waals surface area contributed by atoms with E-state index < -0.39 is 23.6 Å². The number of benzene rings is 1. The van der Waals surface area contributed by atoms with Crippen molar-refractivity contribution in [2.24, 2.45) is 0 Å². The highest BCUT2D eigenvalue weighted by Crippen LogP contribution is 2.35. The van der Waals surface area contributed by atoms with Gasteiger partial charge in [0.1, 0.15) is 6.10 Å². The normalized spacial score (nSPS) is 12.8. The van der Waals surface area contributed by atoms with E-state index in [9.17, 15) is 18.3 Å². The Morgan fingerprint density at radius 1 is 1.22 bits per heavy atom. The summed E-state index contributed by atoms with van der Waals surface area (Å²) in [5.74, 6) is -4.26. The number of thiophene rings is 1. The molecule has 18 heavy (non-hydrogen) atoms. The second-order valence-corrected chi connectivity index (χ2v) is 5.46. The van der Waals surface area contributed by atoms with Gasteiger partial charge in [0.05, 0.1) is 4.34 Å². The van der Waals surface area contributed by atoms with E-state index in [1.54, 1.807) is 13.0 Å². The molecule has 1 nitrogen and oxygen atoms in total. The van der Waals surface area contributed by atoms with Gasteiger partial charge >= 0.3 is 0 Å². The number of aliphatic hydroxyl groups excluding tert-OH is 1. The summed E-state index contributed by atoms with van der Waals surface area (Å²) in [7, 11) is 0. The maximum Gasteiger partial charge on any atom is 0.194 e. The number of hydrogen-bond donors (Lipinski definition) is 1. The second-order valence-electron chi connectivity index (χ2n) is 3.77. The largest absolute Gasteiger partial charge is 0.383 e. The first-order valence-corrected chi connectivity index (χ1v) is 6.18. The van der Waals surface area contributed by atoms with Crippen molar-refractivity contribution in [3.8, 4) is 0 Å². The fourth-order valence-corrected chi connectivity index (χ4v) is 2.75. The van der Waals surface area contributed by atoms with E-state index in [2.05, 4.69) is 0 Å². The first-order valence-electron chi connectivity index (χ1n) is 4.99. The Hall–Kier alpha value is -1.04. The summed E-state index contributed by atoms with van der Waals surface area (Å²) in [6.45, 7) is 1.73. The van der Waals surface area contributed by atoms with Crippen molar-refractivity contribution < 1.29 is 18.3 Å². The maximum absolute atomic E-state index is 13.5. The summed E-state index contributed by atoms with van der Waals surface area (Å²) in [5.41, 5.74) is 0.422.